The molecular weight excluding hydrogens is 317 g/mol. The van der Waals surface area contributed by atoms with E-state index in [1.165, 1.54) is 18.3 Å². The molecule has 3 N–H and O–H groups in total. The Hall–Kier alpha value is -2.15. The number of rotatable bonds is 3. The molecule has 98 valence electrons. The van der Waals surface area contributed by atoms with Crippen molar-refractivity contribution in [3.05, 3.63) is 52.5 Å². The molecule has 0 amide bonds. The van der Waals surface area contributed by atoms with Gasteiger partial charge in [0.2, 0.25) is 0 Å². The van der Waals surface area contributed by atoms with E-state index in [2.05, 4.69) is 26.1 Å². The van der Waals surface area contributed by atoms with Gasteiger partial charge in [0.25, 0.3) is 0 Å². The lowest BCUT2D eigenvalue weighted by molar-refractivity contribution is 0.318. The summed E-state index contributed by atoms with van der Waals surface area (Å²) in [6, 6.07) is 7.52. The number of benzene rings is 1. The molecule has 0 aliphatic rings. The molecule has 1 aromatic carbocycles. The number of pyridine rings is 1. The highest BCUT2D eigenvalue weighted by atomic mass is 79.9. The Bertz CT molecular complexity index is 634. The third-order valence-electron chi connectivity index (χ3n) is 2.24. The van der Waals surface area contributed by atoms with Crippen molar-refractivity contribution in [2.75, 3.05) is 0 Å². The molecule has 2 rings (SSSR count). The van der Waals surface area contributed by atoms with E-state index in [1.54, 1.807) is 18.2 Å². The number of oxime groups is 1. The van der Waals surface area contributed by atoms with Crippen LogP contribution in [0.5, 0.6) is 11.5 Å². The Morgan fingerprint density at radius 2 is 2.21 bits per heavy atom. The van der Waals surface area contributed by atoms with Crippen LogP contribution in [0.15, 0.2) is 46.2 Å². The highest BCUT2D eigenvalue weighted by molar-refractivity contribution is 9.10. The van der Waals surface area contributed by atoms with E-state index >= 15 is 0 Å². The molecule has 1 aromatic heterocycles. The number of halogens is 2. The minimum absolute atomic E-state index is 0.174. The normalized spacial score (nSPS) is 11.4. The van der Waals surface area contributed by atoms with Gasteiger partial charge in [0.1, 0.15) is 11.6 Å². The molecule has 19 heavy (non-hydrogen) atoms. The second kappa shape index (κ2) is 5.66. The Balaban J connectivity index is 2.35. The summed E-state index contributed by atoms with van der Waals surface area (Å²) < 4.78 is 19.2. The van der Waals surface area contributed by atoms with Gasteiger partial charge in [0, 0.05) is 12.3 Å². The summed E-state index contributed by atoms with van der Waals surface area (Å²) in [5.74, 6) is -0.0971. The molecule has 0 saturated carbocycles. The van der Waals surface area contributed by atoms with Crippen molar-refractivity contribution in [3.63, 3.8) is 0 Å². The molecule has 0 radical (unpaired) electrons. The van der Waals surface area contributed by atoms with Crippen LogP contribution < -0.4 is 10.5 Å². The zero-order valence-corrected chi connectivity index (χ0v) is 11.1. The zero-order valence-electron chi connectivity index (χ0n) is 9.55. The maximum absolute atomic E-state index is 13.4. The van der Waals surface area contributed by atoms with Crippen LogP contribution in [0.25, 0.3) is 0 Å². The fraction of sp³-hybridized carbons (Fsp3) is 0. The molecule has 0 aliphatic carbocycles. The van der Waals surface area contributed by atoms with Crippen molar-refractivity contribution in [2.24, 2.45) is 10.9 Å². The van der Waals surface area contributed by atoms with Gasteiger partial charge in [0.05, 0.1) is 4.47 Å². The summed E-state index contributed by atoms with van der Waals surface area (Å²) in [4.78, 5) is 3.94. The predicted octanol–water partition coefficient (Wildman–Crippen LogP) is 2.87. The van der Waals surface area contributed by atoms with Gasteiger partial charge >= 0.3 is 0 Å². The first kappa shape index (κ1) is 13.3. The quantitative estimate of drug-likeness (QED) is 0.393. The fourth-order valence-electron chi connectivity index (χ4n) is 1.38. The summed E-state index contributed by atoms with van der Waals surface area (Å²) in [5.41, 5.74) is 5.65. The average Bonchev–Trinajstić information content (AvgIpc) is 2.43. The van der Waals surface area contributed by atoms with Crippen LogP contribution in [0.2, 0.25) is 0 Å². The number of nitrogens with two attached hydrogens (primary N) is 1. The molecule has 5 nitrogen and oxygen atoms in total. The Kier molecular flexibility index (Phi) is 3.96. The minimum atomic E-state index is -0.452. The van der Waals surface area contributed by atoms with Crippen molar-refractivity contribution in [3.8, 4) is 11.5 Å². The number of ether oxygens (including phenoxy) is 1. The van der Waals surface area contributed by atoms with Gasteiger partial charge in [-0.25, -0.2) is 9.37 Å². The van der Waals surface area contributed by atoms with Gasteiger partial charge < -0.3 is 15.7 Å². The van der Waals surface area contributed by atoms with Crippen LogP contribution in [0.3, 0.4) is 0 Å². The van der Waals surface area contributed by atoms with Crippen molar-refractivity contribution in [1.82, 2.24) is 4.98 Å². The van der Waals surface area contributed by atoms with E-state index in [0.717, 1.165) is 0 Å². The fourth-order valence-corrected chi connectivity index (χ4v) is 1.63. The molecule has 2 aromatic rings. The summed E-state index contributed by atoms with van der Waals surface area (Å²) in [6.45, 7) is 0. The molecule has 0 bridgehead atoms. The zero-order chi connectivity index (χ0) is 13.8. The topological polar surface area (TPSA) is 80.7 Å². The van der Waals surface area contributed by atoms with E-state index < -0.39 is 5.82 Å². The first-order valence-corrected chi connectivity index (χ1v) is 5.97. The molecule has 0 unspecified atom stereocenters. The predicted molar refractivity (Wildman–Crippen MR) is 70.9 cm³/mol. The van der Waals surface area contributed by atoms with Crippen LogP contribution in [0, 0.1) is 5.82 Å². The first-order chi connectivity index (χ1) is 9.11. The van der Waals surface area contributed by atoms with Gasteiger partial charge in [-0.1, -0.05) is 5.16 Å². The Morgan fingerprint density at radius 3 is 2.89 bits per heavy atom. The van der Waals surface area contributed by atoms with E-state index in [1.807, 2.05) is 0 Å². The van der Waals surface area contributed by atoms with Crippen molar-refractivity contribution >= 4 is 21.8 Å². The van der Waals surface area contributed by atoms with Gasteiger partial charge in [-0.05, 0) is 40.2 Å². The maximum atomic E-state index is 13.4. The molecule has 1 heterocycles. The third-order valence-corrected chi connectivity index (χ3v) is 2.88. The molecule has 7 heteroatoms. The number of nitrogens with zero attached hydrogens (tertiary/aromatic N) is 2. The Morgan fingerprint density at radius 1 is 1.42 bits per heavy atom. The van der Waals surface area contributed by atoms with E-state index in [9.17, 15) is 4.39 Å². The number of hydrogen-bond acceptors (Lipinski definition) is 4. The second-order valence-electron chi connectivity index (χ2n) is 3.51. The average molecular weight is 326 g/mol. The van der Waals surface area contributed by atoms with Crippen molar-refractivity contribution in [1.29, 1.82) is 0 Å². The summed E-state index contributed by atoms with van der Waals surface area (Å²) in [5, 5.41) is 11.5. The van der Waals surface area contributed by atoms with Crippen LogP contribution >= 0.6 is 15.9 Å². The molecule has 0 aliphatic heterocycles. The molecule has 0 saturated heterocycles. The van der Waals surface area contributed by atoms with Crippen LogP contribution in [0.4, 0.5) is 4.39 Å². The van der Waals surface area contributed by atoms with Crippen LogP contribution in [0.1, 0.15) is 5.69 Å². The molecular formula is C12H9BrFN3O2. The second-order valence-corrected chi connectivity index (χ2v) is 4.37. The SMILES string of the molecule is N/C(=N/O)c1ncccc1Oc1ccc(Br)c(F)c1. The van der Waals surface area contributed by atoms with E-state index in [0.29, 0.717) is 4.47 Å². The van der Waals surface area contributed by atoms with E-state index in [4.69, 9.17) is 15.7 Å². The summed E-state index contributed by atoms with van der Waals surface area (Å²) in [7, 11) is 0. The monoisotopic (exact) mass is 325 g/mol. The van der Waals surface area contributed by atoms with Crippen LogP contribution in [-0.2, 0) is 0 Å². The van der Waals surface area contributed by atoms with Gasteiger partial charge in [0.15, 0.2) is 17.3 Å². The highest BCUT2D eigenvalue weighted by Gasteiger charge is 2.11. The summed E-state index contributed by atoms with van der Waals surface area (Å²) in [6.07, 6.45) is 1.47. The molecule has 0 fully saturated rings. The largest absolute Gasteiger partial charge is 0.455 e. The maximum Gasteiger partial charge on any atom is 0.192 e. The Labute approximate surface area is 116 Å². The van der Waals surface area contributed by atoms with E-state index in [-0.39, 0.29) is 23.0 Å². The lowest BCUT2D eigenvalue weighted by atomic mass is 10.3. The van der Waals surface area contributed by atoms with Gasteiger partial charge in [-0.2, -0.15) is 0 Å². The first-order valence-electron chi connectivity index (χ1n) is 5.17. The number of aromatic nitrogens is 1. The van der Waals surface area contributed by atoms with Gasteiger partial charge in [-0.3, -0.25) is 0 Å². The number of amidine groups is 1. The van der Waals surface area contributed by atoms with Gasteiger partial charge in [-0.15, -0.1) is 0 Å². The number of hydrogen-bond donors (Lipinski definition) is 2. The lowest BCUT2D eigenvalue weighted by Gasteiger charge is -2.09. The molecule has 0 spiro atoms. The smallest absolute Gasteiger partial charge is 0.192 e. The third kappa shape index (κ3) is 3.00. The van der Waals surface area contributed by atoms with Crippen molar-refractivity contribution < 1.29 is 14.3 Å². The standard InChI is InChI=1S/C12H9BrFN3O2/c13-8-4-3-7(6-9(8)14)19-10-2-1-5-16-11(10)12(15)17-18/h1-6,18H,(H2,15,17). The van der Waals surface area contributed by atoms with Crippen LogP contribution in [-0.4, -0.2) is 16.0 Å². The summed E-state index contributed by atoms with van der Waals surface area (Å²) >= 11 is 3.05. The lowest BCUT2D eigenvalue weighted by Crippen LogP contribution is -2.15. The minimum Gasteiger partial charge on any atom is -0.455 e. The molecule has 0 atom stereocenters. The van der Waals surface area contributed by atoms with Crippen molar-refractivity contribution in [2.45, 2.75) is 0 Å². The highest BCUT2D eigenvalue weighted by Crippen LogP contribution is 2.27.